The van der Waals surface area contributed by atoms with E-state index in [1.54, 1.807) is 24.3 Å². The number of halogens is 4. The van der Waals surface area contributed by atoms with Crippen LogP contribution in [0.3, 0.4) is 0 Å². The van der Waals surface area contributed by atoms with Gasteiger partial charge in [-0.2, -0.15) is 18.2 Å². The lowest BCUT2D eigenvalue weighted by Crippen LogP contribution is -2.33. The van der Waals surface area contributed by atoms with Gasteiger partial charge in [0.05, 0.1) is 0 Å². The second-order valence-electron chi connectivity index (χ2n) is 6.61. The molecule has 0 radical (unpaired) electrons. The van der Waals surface area contributed by atoms with E-state index in [0.717, 1.165) is 4.68 Å². The number of carbonyl (C=O) groups is 1. The highest BCUT2D eigenvalue weighted by Crippen LogP contribution is 2.42. The fourth-order valence-electron chi connectivity index (χ4n) is 3.48. The summed E-state index contributed by atoms with van der Waals surface area (Å²) in [5.41, 5.74) is 1.69. The van der Waals surface area contributed by atoms with Gasteiger partial charge in [-0.25, -0.2) is 4.68 Å². The first-order valence-electron chi connectivity index (χ1n) is 8.06. The number of ketones is 1. The number of alkyl halides is 3. The van der Waals surface area contributed by atoms with Crippen molar-refractivity contribution in [3.63, 3.8) is 0 Å². The van der Waals surface area contributed by atoms with Gasteiger partial charge in [0, 0.05) is 22.7 Å². The van der Waals surface area contributed by atoms with Crippen molar-refractivity contribution in [3.05, 3.63) is 51.9 Å². The molecule has 136 valence electrons. The lowest BCUT2D eigenvalue weighted by molar-refractivity contribution is -0.145. The number of aromatic nitrogens is 3. The molecule has 1 aromatic heterocycles. The van der Waals surface area contributed by atoms with E-state index >= 15 is 0 Å². The molecule has 0 fully saturated rings. The van der Waals surface area contributed by atoms with E-state index in [2.05, 4.69) is 15.4 Å². The standard InChI is InChI=1S/C17H14ClF3N4O/c1-8-6-11-13(12(26)7-8)14(9-2-4-10(18)5-3-9)25-16(22-11)23-15(24-25)17(19,20)21/h2-5,8,14H,6-7H2,1H3,(H,22,23,24)/t8-,14+/m0/s1. The van der Waals surface area contributed by atoms with Crippen molar-refractivity contribution in [2.24, 2.45) is 5.92 Å². The Bertz CT molecular complexity index is 917. The summed E-state index contributed by atoms with van der Waals surface area (Å²) >= 11 is 5.93. The molecule has 0 saturated heterocycles. The molecule has 1 N–H and O–H groups in total. The summed E-state index contributed by atoms with van der Waals surface area (Å²) in [7, 11) is 0. The van der Waals surface area contributed by atoms with Gasteiger partial charge in [-0.1, -0.05) is 30.7 Å². The van der Waals surface area contributed by atoms with Crippen molar-refractivity contribution < 1.29 is 18.0 Å². The van der Waals surface area contributed by atoms with E-state index in [9.17, 15) is 18.0 Å². The summed E-state index contributed by atoms with van der Waals surface area (Å²) in [6, 6.07) is 5.88. The summed E-state index contributed by atoms with van der Waals surface area (Å²) in [6.45, 7) is 1.93. The number of anilines is 1. The molecule has 2 aliphatic rings. The summed E-state index contributed by atoms with van der Waals surface area (Å²) in [5.74, 6) is -1.24. The minimum absolute atomic E-state index is 0.0158. The molecule has 0 spiro atoms. The van der Waals surface area contributed by atoms with Crippen molar-refractivity contribution in [3.8, 4) is 0 Å². The Morgan fingerprint density at radius 1 is 1.23 bits per heavy atom. The van der Waals surface area contributed by atoms with Gasteiger partial charge in [0.2, 0.25) is 5.95 Å². The van der Waals surface area contributed by atoms with E-state index in [-0.39, 0.29) is 17.6 Å². The van der Waals surface area contributed by atoms with Crippen LogP contribution >= 0.6 is 11.6 Å². The van der Waals surface area contributed by atoms with Crippen molar-refractivity contribution in [2.45, 2.75) is 32.0 Å². The first kappa shape index (κ1) is 17.1. The third-order valence-corrected chi connectivity index (χ3v) is 4.82. The van der Waals surface area contributed by atoms with Crippen LogP contribution in [0.5, 0.6) is 0 Å². The zero-order valence-electron chi connectivity index (χ0n) is 13.6. The third-order valence-electron chi connectivity index (χ3n) is 4.56. The number of carbonyl (C=O) groups excluding carboxylic acids is 1. The number of hydrogen-bond donors (Lipinski definition) is 1. The molecule has 9 heteroatoms. The first-order chi connectivity index (χ1) is 12.2. The number of Topliss-reactive ketones (excluding diaryl/α,β-unsaturated/α-hetero) is 1. The predicted molar refractivity (Wildman–Crippen MR) is 88.7 cm³/mol. The zero-order valence-corrected chi connectivity index (χ0v) is 14.4. The normalized spacial score (nSPS) is 22.7. The molecule has 1 aromatic carbocycles. The van der Waals surface area contributed by atoms with Crippen molar-refractivity contribution in [2.75, 3.05) is 5.32 Å². The number of nitrogens with zero attached hydrogens (tertiary/aromatic N) is 3. The molecular weight excluding hydrogens is 369 g/mol. The van der Waals surface area contributed by atoms with Crippen LogP contribution < -0.4 is 5.32 Å². The molecule has 2 atom stereocenters. The fourth-order valence-corrected chi connectivity index (χ4v) is 3.61. The Morgan fingerprint density at radius 3 is 2.58 bits per heavy atom. The van der Waals surface area contributed by atoms with Crippen LogP contribution in [-0.4, -0.2) is 20.5 Å². The van der Waals surface area contributed by atoms with E-state index in [1.807, 2.05) is 6.92 Å². The van der Waals surface area contributed by atoms with Gasteiger partial charge in [-0.05, 0) is 30.0 Å². The SMILES string of the molecule is C[C@@H]1CC(=O)C2=C(C1)Nc1nc(C(F)(F)F)nn1[C@@H]2c1ccc(Cl)cc1. The molecule has 26 heavy (non-hydrogen) atoms. The largest absolute Gasteiger partial charge is 0.453 e. The summed E-state index contributed by atoms with van der Waals surface area (Å²) in [4.78, 5) is 16.3. The number of nitrogens with one attached hydrogen (secondary N) is 1. The van der Waals surface area contributed by atoms with Crippen molar-refractivity contribution in [1.82, 2.24) is 14.8 Å². The van der Waals surface area contributed by atoms with Crippen LogP contribution in [0.2, 0.25) is 5.02 Å². The topological polar surface area (TPSA) is 59.8 Å². The van der Waals surface area contributed by atoms with Gasteiger partial charge in [0.15, 0.2) is 5.78 Å². The highest BCUT2D eigenvalue weighted by atomic mass is 35.5. The van der Waals surface area contributed by atoms with Gasteiger partial charge in [0.1, 0.15) is 6.04 Å². The maximum absolute atomic E-state index is 13.1. The molecule has 0 amide bonds. The van der Waals surface area contributed by atoms with E-state index in [1.165, 1.54) is 0 Å². The molecule has 4 rings (SSSR count). The van der Waals surface area contributed by atoms with Crippen molar-refractivity contribution >= 4 is 23.3 Å². The van der Waals surface area contributed by atoms with Gasteiger partial charge < -0.3 is 5.32 Å². The van der Waals surface area contributed by atoms with Gasteiger partial charge in [-0.15, -0.1) is 5.10 Å². The zero-order chi connectivity index (χ0) is 18.6. The predicted octanol–water partition coefficient (Wildman–Crippen LogP) is 4.22. The highest BCUT2D eigenvalue weighted by Gasteiger charge is 2.42. The Hall–Kier alpha value is -2.35. The van der Waals surface area contributed by atoms with Crippen LogP contribution in [0.4, 0.5) is 19.1 Å². The number of hydrogen-bond acceptors (Lipinski definition) is 4. The Balaban J connectivity index is 1.90. The van der Waals surface area contributed by atoms with E-state index < -0.39 is 18.0 Å². The maximum Gasteiger partial charge on any atom is 0.453 e. The fraction of sp³-hybridized carbons (Fsp3) is 0.353. The average molecular weight is 383 g/mol. The molecule has 2 heterocycles. The number of fused-ring (bicyclic) bond motifs is 1. The van der Waals surface area contributed by atoms with Crippen LogP contribution in [-0.2, 0) is 11.0 Å². The van der Waals surface area contributed by atoms with Crippen LogP contribution in [0.15, 0.2) is 35.5 Å². The minimum atomic E-state index is -4.67. The summed E-state index contributed by atoms with van der Waals surface area (Å²) in [6.07, 6.45) is -3.76. The molecule has 0 bridgehead atoms. The van der Waals surface area contributed by atoms with E-state index in [0.29, 0.717) is 34.7 Å². The van der Waals surface area contributed by atoms with Crippen LogP contribution in [0.1, 0.15) is 37.2 Å². The quantitative estimate of drug-likeness (QED) is 0.802. The second kappa shape index (κ2) is 5.84. The Morgan fingerprint density at radius 2 is 1.92 bits per heavy atom. The monoisotopic (exact) mass is 382 g/mol. The minimum Gasteiger partial charge on any atom is -0.328 e. The lowest BCUT2D eigenvalue weighted by Gasteiger charge is -2.34. The molecule has 1 aliphatic heterocycles. The molecular formula is C17H14ClF3N4O. The highest BCUT2D eigenvalue weighted by molar-refractivity contribution is 6.30. The van der Waals surface area contributed by atoms with Crippen LogP contribution in [0, 0.1) is 5.92 Å². The average Bonchev–Trinajstić information content (AvgIpc) is 2.97. The smallest absolute Gasteiger partial charge is 0.328 e. The van der Waals surface area contributed by atoms with Gasteiger partial charge >= 0.3 is 6.18 Å². The number of rotatable bonds is 1. The third kappa shape index (κ3) is 2.78. The van der Waals surface area contributed by atoms with E-state index in [4.69, 9.17) is 11.6 Å². The Kier molecular flexibility index (Phi) is 3.83. The summed E-state index contributed by atoms with van der Waals surface area (Å²) < 4.78 is 40.4. The maximum atomic E-state index is 13.1. The molecule has 2 aromatic rings. The number of allylic oxidation sites excluding steroid dienone is 2. The van der Waals surface area contributed by atoms with Crippen molar-refractivity contribution in [1.29, 1.82) is 0 Å². The molecule has 1 aliphatic carbocycles. The molecule has 0 saturated carbocycles. The molecule has 5 nitrogen and oxygen atoms in total. The Labute approximate surface area is 151 Å². The first-order valence-corrected chi connectivity index (χ1v) is 8.44. The molecule has 0 unspecified atom stereocenters. The second-order valence-corrected chi connectivity index (χ2v) is 7.05. The van der Waals surface area contributed by atoms with Crippen LogP contribution in [0.25, 0.3) is 0 Å². The number of benzene rings is 1. The lowest BCUT2D eigenvalue weighted by atomic mass is 9.81. The van der Waals surface area contributed by atoms with Gasteiger partial charge in [0.25, 0.3) is 5.82 Å². The van der Waals surface area contributed by atoms with Gasteiger partial charge in [-0.3, -0.25) is 4.79 Å². The summed E-state index contributed by atoms with van der Waals surface area (Å²) in [5, 5.41) is 7.03.